The van der Waals surface area contributed by atoms with E-state index >= 15 is 0 Å². The lowest BCUT2D eigenvalue weighted by atomic mass is 10.0. The number of nitrogens with zero attached hydrogens (tertiary/aromatic N) is 1. The molecule has 4 nitrogen and oxygen atoms in total. The molecule has 0 fully saturated rings. The number of nitrogens with one attached hydrogen (secondary N) is 1. The van der Waals surface area contributed by atoms with Gasteiger partial charge in [-0.3, -0.25) is 4.79 Å². The number of carbonyl (C=O) groups excluding carboxylic acids is 1. The molecule has 2 rings (SSSR count). The highest BCUT2D eigenvalue weighted by molar-refractivity contribution is 5.77. The van der Waals surface area contributed by atoms with Gasteiger partial charge in [0.25, 0.3) is 5.91 Å². The van der Waals surface area contributed by atoms with Crippen molar-refractivity contribution in [2.45, 2.75) is 25.8 Å². The molecule has 0 aromatic heterocycles. The average molecular weight is 358 g/mol. The van der Waals surface area contributed by atoms with E-state index in [-0.39, 0.29) is 24.4 Å². The number of hydrogen-bond donors (Lipinski definition) is 1. The monoisotopic (exact) mass is 358 g/mol. The van der Waals surface area contributed by atoms with Crippen LogP contribution in [0.3, 0.4) is 0 Å². The summed E-state index contributed by atoms with van der Waals surface area (Å²) in [4.78, 5) is 14.1. The van der Waals surface area contributed by atoms with Crippen LogP contribution < -0.4 is 10.1 Å². The zero-order valence-electron chi connectivity index (χ0n) is 15.8. The smallest absolute Gasteiger partial charge is 0.258 e. The van der Waals surface area contributed by atoms with Crippen LogP contribution in [0, 0.1) is 5.82 Å². The predicted molar refractivity (Wildman–Crippen MR) is 102 cm³/mol. The standard InChI is InChI=1S/C21H27FN2O2/c1-15(2)16-7-11-19(12-8-16)26-14-21(25)23-13-20(24(3)4)17-5-9-18(22)10-6-17/h5-12,15,20H,13-14H2,1-4H3,(H,23,25). The van der Waals surface area contributed by atoms with E-state index in [4.69, 9.17) is 4.74 Å². The molecule has 0 spiro atoms. The fourth-order valence-electron chi connectivity index (χ4n) is 2.64. The second-order valence-corrected chi connectivity index (χ2v) is 6.85. The van der Waals surface area contributed by atoms with Crippen LogP contribution in [-0.2, 0) is 4.79 Å². The number of ether oxygens (including phenoxy) is 1. The molecule has 0 aliphatic carbocycles. The van der Waals surface area contributed by atoms with E-state index < -0.39 is 0 Å². The maximum Gasteiger partial charge on any atom is 0.258 e. The molecule has 1 atom stereocenters. The summed E-state index contributed by atoms with van der Waals surface area (Å²) in [6, 6.07) is 14.1. The summed E-state index contributed by atoms with van der Waals surface area (Å²) < 4.78 is 18.6. The van der Waals surface area contributed by atoms with Gasteiger partial charge in [0.05, 0.1) is 6.04 Å². The van der Waals surface area contributed by atoms with Crippen LogP contribution in [-0.4, -0.2) is 38.1 Å². The minimum absolute atomic E-state index is 0.0371. The molecule has 0 bridgehead atoms. The first kappa shape index (κ1) is 19.9. The fraction of sp³-hybridized carbons (Fsp3) is 0.381. The largest absolute Gasteiger partial charge is 0.484 e. The molecule has 0 saturated heterocycles. The zero-order chi connectivity index (χ0) is 19.1. The second kappa shape index (κ2) is 9.34. The zero-order valence-corrected chi connectivity index (χ0v) is 15.8. The molecule has 1 unspecified atom stereocenters. The number of hydrogen-bond acceptors (Lipinski definition) is 3. The molecule has 5 heteroatoms. The predicted octanol–water partition coefficient (Wildman–Crippen LogP) is 3.75. The number of rotatable bonds is 8. The van der Waals surface area contributed by atoms with Gasteiger partial charge < -0.3 is 15.0 Å². The van der Waals surface area contributed by atoms with Crippen LogP contribution >= 0.6 is 0 Å². The minimum atomic E-state index is -0.271. The molecule has 1 N–H and O–H groups in total. The van der Waals surface area contributed by atoms with Gasteiger partial charge in [-0.2, -0.15) is 0 Å². The Morgan fingerprint density at radius 1 is 1.04 bits per heavy atom. The Morgan fingerprint density at radius 2 is 1.62 bits per heavy atom. The van der Waals surface area contributed by atoms with Crippen molar-refractivity contribution < 1.29 is 13.9 Å². The molecule has 2 aromatic carbocycles. The molecule has 0 saturated carbocycles. The lowest BCUT2D eigenvalue weighted by molar-refractivity contribution is -0.123. The van der Waals surface area contributed by atoms with E-state index in [2.05, 4.69) is 19.2 Å². The highest BCUT2D eigenvalue weighted by Gasteiger charge is 2.15. The van der Waals surface area contributed by atoms with E-state index in [9.17, 15) is 9.18 Å². The van der Waals surface area contributed by atoms with Gasteiger partial charge in [-0.1, -0.05) is 38.1 Å². The van der Waals surface area contributed by atoms with Crippen molar-refractivity contribution in [1.82, 2.24) is 10.2 Å². The molecule has 26 heavy (non-hydrogen) atoms. The summed E-state index contributed by atoms with van der Waals surface area (Å²) in [5.41, 5.74) is 2.18. The van der Waals surface area contributed by atoms with E-state index in [0.29, 0.717) is 18.2 Å². The lowest BCUT2D eigenvalue weighted by Gasteiger charge is -2.25. The van der Waals surface area contributed by atoms with E-state index in [1.165, 1.54) is 17.7 Å². The van der Waals surface area contributed by atoms with E-state index in [0.717, 1.165) is 5.56 Å². The average Bonchev–Trinajstić information content (AvgIpc) is 2.61. The summed E-state index contributed by atoms with van der Waals surface area (Å²) in [7, 11) is 3.85. The Balaban J connectivity index is 1.85. The third kappa shape index (κ3) is 5.85. The van der Waals surface area contributed by atoms with Crippen molar-refractivity contribution in [1.29, 1.82) is 0 Å². The normalized spacial score (nSPS) is 12.3. The van der Waals surface area contributed by atoms with Gasteiger partial charge in [-0.25, -0.2) is 4.39 Å². The Hall–Kier alpha value is -2.40. The second-order valence-electron chi connectivity index (χ2n) is 6.85. The van der Waals surface area contributed by atoms with Crippen LogP contribution in [0.15, 0.2) is 48.5 Å². The SMILES string of the molecule is CC(C)c1ccc(OCC(=O)NCC(c2ccc(F)cc2)N(C)C)cc1. The van der Waals surface area contributed by atoms with E-state index in [1.54, 1.807) is 12.1 Å². The van der Waals surface area contributed by atoms with Crippen molar-refractivity contribution >= 4 is 5.91 Å². The lowest BCUT2D eigenvalue weighted by Crippen LogP contribution is -2.36. The Kier molecular flexibility index (Phi) is 7.16. The highest BCUT2D eigenvalue weighted by Crippen LogP contribution is 2.19. The third-order valence-electron chi connectivity index (χ3n) is 4.29. The molecular weight excluding hydrogens is 331 g/mol. The molecule has 1 amide bonds. The van der Waals surface area contributed by atoms with Gasteiger partial charge in [0, 0.05) is 6.54 Å². The van der Waals surface area contributed by atoms with Crippen LogP contribution in [0.4, 0.5) is 4.39 Å². The third-order valence-corrected chi connectivity index (χ3v) is 4.29. The summed E-state index contributed by atoms with van der Waals surface area (Å²) >= 11 is 0. The van der Waals surface area contributed by atoms with Crippen molar-refractivity contribution in [2.75, 3.05) is 27.2 Å². The topological polar surface area (TPSA) is 41.6 Å². The van der Waals surface area contributed by atoms with E-state index in [1.807, 2.05) is 43.3 Å². The minimum Gasteiger partial charge on any atom is -0.484 e. The van der Waals surface area contributed by atoms with Crippen LogP contribution in [0.5, 0.6) is 5.75 Å². The van der Waals surface area contributed by atoms with Crippen LogP contribution in [0.1, 0.15) is 36.9 Å². The van der Waals surface area contributed by atoms with Gasteiger partial charge in [0.2, 0.25) is 0 Å². The number of benzene rings is 2. The molecule has 0 heterocycles. The molecular formula is C21H27FN2O2. The maximum absolute atomic E-state index is 13.1. The van der Waals surface area contributed by atoms with Crippen molar-refractivity contribution in [2.24, 2.45) is 0 Å². The van der Waals surface area contributed by atoms with Gasteiger partial charge in [-0.05, 0) is 55.4 Å². The first-order chi connectivity index (χ1) is 12.4. The summed E-state index contributed by atoms with van der Waals surface area (Å²) in [6.45, 7) is 4.65. The molecule has 0 aliphatic heterocycles. The highest BCUT2D eigenvalue weighted by atomic mass is 19.1. The van der Waals surface area contributed by atoms with Crippen molar-refractivity contribution in [3.8, 4) is 5.75 Å². The van der Waals surface area contributed by atoms with Gasteiger partial charge in [-0.15, -0.1) is 0 Å². The first-order valence-electron chi connectivity index (χ1n) is 8.78. The Labute approximate surface area is 155 Å². The Bertz CT molecular complexity index is 697. The maximum atomic E-state index is 13.1. The number of likely N-dealkylation sites (N-methyl/N-ethyl adjacent to an activating group) is 1. The van der Waals surface area contributed by atoms with Gasteiger partial charge in [0.1, 0.15) is 11.6 Å². The first-order valence-corrected chi connectivity index (χ1v) is 8.78. The Morgan fingerprint density at radius 3 is 2.15 bits per heavy atom. The van der Waals surface area contributed by atoms with Gasteiger partial charge in [0.15, 0.2) is 6.61 Å². The summed E-state index contributed by atoms with van der Waals surface area (Å²) in [5, 5.41) is 2.88. The molecule has 0 radical (unpaired) electrons. The number of amides is 1. The summed E-state index contributed by atoms with van der Waals surface area (Å²) in [6.07, 6.45) is 0. The van der Waals surface area contributed by atoms with Gasteiger partial charge >= 0.3 is 0 Å². The number of carbonyl (C=O) groups is 1. The summed E-state index contributed by atoms with van der Waals surface area (Å²) in [5.74, 6) is 0.674. The molecule has 2 aromatic rings. The quantitative estimate of drug-likeness (QED) is 0.781. The van der Waals surface area contributed by atoms with Crippen LogP contribution in [0.2, 0.25) is 0 Å². The fourth-order valence-corrected chi connectivity index (χ4v) is 2.64. The molecule has 140 valence electrons. The van der Waals surface area contributed by atoms with Crippen molar-refractivity contribution in [3.05, 3.63) is 65.5 Å². The number of halogens is 1. The van der Waals surface area contributed by atoms with Crippen molar-refractivity contribution in [3.63, 3.8) is 0 Å². The molecule has 0 aliphatic rings. The van der Waals surface area contributed by atoms with Crippen LogP contribution in [0.25, 0.3) is 0 Å².